The maximum absolute atomic E-state index is 12.6. The van der Waals surface area contributed by atoms with Crippen molar-refractivity contribution in [3.05, 3.63) is 17.6 Å². The topological polar surface area (TPSA) is 63.8 Å². The van der Waals surface area contributed by atoms with E-state index in [1.807, 2.05) is 0 Å². The van der Waals surface area contributed by atoms with Gasteiger partial charge in [-0.15, -0.1) is 0 Å². The summed E-state index contributed by atoms with van der Waals surface area (Å²) in [5.41, 5.74) is 5.30. The summed E-state index contributed by atoms with van der Waals surface area (Å²) in [6, 6.07) is 0.0881. The molecule has 1 aromatic rings. The number of aromatic nitrogens is 2. The van der Waals surface area contributed by atoms with Crippen LogP contribution >= 0.6 is 0 Å². The fourth-order valence-corrected chi connectivity index (χ4v) is 2.27. The fourth-order valence-electron chi connectivity index (χ4n) is 2.27. The molecule has 4 nitrogen and oxygen atoms in total. The van der Waals surface area contributed by atoms with Gasteiger partial charge in [0.25, 0.3) is 0 Å². The van der Waals surface area contributed by atoms with Gasteiger partial charge in [0.15, 0.2) is 5.69 Å². The van der Waals surface area contributed by atoms with Gasteiger partial charge in [-0.2, -0.15) is 13.2 Å². The monoisotopic (exact) mass is 274 g/mol. The number of anilines is 1. The van der Waals surface area contributed by atoms with Crippen LogP contribution in [0.25, 0.3) is 0 Å². The van der Waals surface area contributed by atoms with Crippen LogP contribution in [0.4, 0.5) is 19.0 Å². The van der Waals surface area contributed by atoms with Crippen LogP contribution < -0.4 is 11.1 Å². The van der Waals surface area contributed by atoms with Gasteiger partial charge in [0.05, 0.1) is 11.9 Å². The summed E-state index contributed by atoms with van der Waals surface area (Å²) in [6.45, 7) is 1.75. The lowest BCUT2D eigenvalue weighted by Gasteiger charge is -2.19. The number of nitrogens with zero attached hydrogens (tertiary/aromatic N) is 2. The van der Waals surface area contributed by atoms with E-state index in [1.54, 1.807) is 6.92 Å². The Hall–Kier alpha value is -1.37. The predicted molar refractivity (Wildman–Crippen MR) is 65.6 cm³/mol. The summed E-state index contributed by atoms with van der Waals surface area (Å²) < 4.78 is 37.7. The van der Waals surface area contributed by atoms with Gasteiger partial charge in [0, 0.05) is 12.1 Å². The molecule has 1 aliphatic rings. The van der Waals surface area contributed by atoms with Crippen molar-refractivity contribution in [1.82, 2.24) is 9.97 Å². The van der Waals surface area contributed by atoms with Crippen LogP contribution in [-0.4, -0.2) is 22.1 Å². The fraction of sp³-hybridized carbons (Fsp3) is 0.667. The minimum atomic E-state index is -4.46. The van der Waals surface area contributed by atoms with Gasteiger partial charge in [-0.25, -0.2) is 9.97 Å². The van der Waals surface area contributed by atoms with E-state index in [9.17, 15) is 13.2 Å². The minimum Gasteiger partial charge on any atom is -0.364 e. The molecular formula is C12H17F3N4. The molecule has 19 heavy (non-hydrogen) atoms. The highest BCUT2D eigenvalue weighted by molar-refractivity contribution is 5.42. The lowest BCUT2D eigenvalue weighted by Crippen LogP contribution is -2.36. The highest BCUT2D eigenvalue weighted by atomic mass is 19.4. The minimum absolute atomic E-state index is 0.0220. The Bertz CT molecular complexity index is 447. The number of hydrogen-bond acceptors (Lipinski definition) is 4. The second-order valence-corrected chi connectivity index (χ2v) is 4.75. The summed E-state index contributed by atoms with van der Waals surface area (Å²) in [6.07, 6.45) is -0.447. The first-order valence-electron chi connectivity index (χ1n) is 6.37. The summed E-state index contributed by atoms with van der Waals surface area (Å²) >= 11 is 0. The van der Waals surface area contributed by atoms with E-state index in [2.05, 4.69) is 15.3 Å². The number of rotatable bonds is 3. The molecule has 0 amide bonds. The highest BCUT2D eigenvalue weighted by Crippen LogP contribution is 2.29. The Morgan fingerprint density at radius 1 is 1.42 bits per heavy atom. The molecule has 7 heteroatoms. The zero-order valence-electron chi connectivity index (χ0n) is 10.7. The molecule has 0 spiro atoms. The zero-order chi connectivity index (χ0) is 14.0. The number of aryl methyl sites for hydroxylation is 1. The SMILES string of the molecule is CCc1nc(C(F)(F)F)cnc1NC1CCC[C@@H]1N. The van der Waals surface area contributed by atoms with Crippen molar-refractivity contribution in [1.29, 1.82) is 0 Å². The van der Waals surface area contributed by atoms with Crippen molar-refractivity contribution in [3.63, 3.8) is 0 Å². The third-order valence-electron chi connectivity index (χ3n) is 3.36. The van der Waals surface area contributed by atoms with E-state index in [-0.39, 0.29) is 12.1 Å². The van der Waals surface area contributed by atoms with E-state index >= 15 is 0 Å². The highest BCUT2D eigenvalue weighted by Gasteiger charge is 2.34. The molecule has 1 fully saturated rings. The summed E-state index contributed by atoms with van der Waals surface area (Å²) in [5, 5.41) is 3.12. The molecule has 0 saturated heterocycles. The molecule has 1 heterocycles. The molecule has 1 aromatic heterocycles. The van der Waals surface area contributed by atoms with Gasteiger partial charge >= 0.3 is 6.18 Å². The van der Waals surface area contributed by atoms with Gasteiger partial charge in [-0.1, -0.05) is 6.92 Å². The quantitative estimate of drug-likeness (QED) is 0.888. The molecule has 0 radical (unpaired) electrons. The lowest BCUT2D eigenvalue weighted by atomic mass is 10.2. The third kappa shape index (κ3) is 3.15. The first kappa shape index (κ1) is 14.0. The van der Waals surface area contributed by atoms with Crippen LogP contribution in [-0.2, 0) is 12.6 Å². The van der Waals surface area contributed by atoms with Crippen LogP contribution in [0.2, 0.25) is 0 Å². The molecule has 0 aromatic carbocycles. The van der Waals surface area contributed by atoms with Crippen LogP contribution in [0.5, 0.6) is 0 Å². The normalized spacial score (nSPS) is 23.6. The van der Waals surface area contributed by atoms with Gasteiger partial charge in [-0.3, -0.25) is 0 Å². The predicted octanol–water partition coefficient (Wildman–Crippen LogP) is 2.35. The molecule has 1 aliphatic carbocycles. The number of nitrogens with one attached hydrogen (secondary N) is 1. The van der Waals surface area contributed by atoms with Crippen LogP contribution in [0.1, 0.15) is 37.6 Å². The number of nitrogens with two attached hydrogens (primary N) is 1. The second-order valence-electron chi connectivity index (χ2n) is 4.75. The molecule has 1 saturated carbocycles. The van der Waals surface area contributed by atoms with E-state index in [0.717, 1.165) is 25.5 Å². The number of alkyl halides is 3. The van der Waals surface area contributed by atoms with E-state index in [4.69, 9.17) is 5.73 Å². The van der Waals surface area contributed by atoms with E-state index < -0.39 is 11.9 Å². The first-order valence-corrected chi connectivity index (χ1v) is 6.37. The molecule has 106 valence electrons. The Labute approximate surface area is 109 Å². The molecular weight excluding hydrogens is 257 g/mol. The van der Waals surface area contributed by atoms with E-state index in [1.165, 1.54) is 0 Å². The van der Waals surface area contributed by atoms with Gasteiger partial charge < -0.3 is 11.1 Å². The maximum Gasteiger partial charge on any atom is 0.434 e. The van der Waals surface area contributed by atoms with Crippen molar-refractivity contribution in [2.75, 3.05) is 5.32 Å². The van der Waals surface area contributed by atoms with Crippen LogP contribution in [0.3, 0.4) is 0 Å². The van der Waals surface area contributed by atoms with Crippen molar-refractivity contribution >= 4 is 5.82 Å². The van der Waals surface area contributed by atoms with Crippen molar-refractivity contribution < 1.29 is 13.2 Å². The van der Waals surface area contributed by atoms with E-state index in [0.29, 0.717) is 17.9 Å². The number of hydrogen-bond donors (Lipinski definition) is 2. The smallest absolute Gasteiger partial charge is 0.364 e. The van der Waals surface area contributed by atoms with Crippen molar-refractivity contribution in [2.24, 2.45) is 5.73 Å². The molecule has 0 bridgehead atoms. The molecule has 1 unspecified atom stereocenters. The second kappa shape index (κ2) is 5.32. The summed E-state index contributed by atoms with van der Waals surface area (Å²) in [4.78, 5) is 7.50. The first-order chi connectivity index (χ1) is 8.91. The maximum atomic E-state index is 12.6. The molecule has 0 aliphatic heterocycles. The van der Waals surface area contributed by atoms with Crippen LogP contribution in [0.15, 0.2) is 6.20 Å². The Morgan fingerprint density at radius 2 is 2.16 bits per heavy atom. The summed E-state index contributed by atoms with van der Waals surface area (Å²) in [5.74, 6) is 0.415. The molecule has 3 N–H and O–H groups in total. The Balaban J connectivity index is 2.21. The lowest BCUT2D eigenvalue weighted by molar-refractivity contribution is -0.141. The molecule has 2 rings (SSSR count). The van der Waals surface area contributed by atoms with Crippen molar-refractivity contribution in [3.8, 4) is 0 Å². The van der Waals surface area contributed by atoms with Crippen LogP contribution in [0, 0.1) is 0 Å². The van der Waals surface area contributed by atoms with Crippen molar-refractivity contribution in [2.45, 2.75) is 50.9 Å². The third-order valence-corrected chi connectivity index (χ3v) is 3.36. The molecule has 2 atom stereocenters. The summed E-state index contributed by atoms with van der Waals surface area (Å²) in [7, 11) is 0. The Kier molecular flexibility index (Phi) is 3.93. The van der Waals surface area contributed by atoms with Gasteiger partial charge in [-0.05, 0) is 25.7 Å². The largest absolute Gasteiger partial charge is 0.434 e. The Morgan fingerprint density at radius 3 is 2.68 bits per heavy atom. The zero-order valence-corrected chi connectivity index (χ0v) is 10.7. The average molecular weight is 274 g/mol. The van der Waals surface area contributed by atoms with Gasteiger partial charge in [0.2, 0.25) is 0 Å². The average Bonchev–Trinajstić information content (AvgIpc) is 2.74. The van der Waals surface area contributed by atoms with Gasteiger partial charge in [0.1, 0.15) is 5.82 Å². The standard InChI is InChI=1S/C12H17F3N4/c1-2-8-11(19-9-5-3-4-7(9)16)17-6-10(18-8)12(13,14)15/h6-7,9H,2-5,16H2,1H3,(H,17,19)/t7-,9?/m0/s1. The number of halogens is 3.